The lowest BCUT2D eigenvalue weighted by molar-refractivity contribution is 0.00587. The number of pyridine rings is 2. The summed E-state index contributed by atoms with van der Waals surface area (Å²) in [7, 11) is 0. The number of piperazine rings is 1. The van der Waals surface area contributed by atoms with Crippen LogP contribution in [0.3, 0.4) is 0 Å². The summed E-state index contributed by atoms with van der Waals surface area (Å²) in [4.78, 5) is 25.0. The quantitative estimate of drug-likeness (QED) is 0.761. The first-order valence-electron chi connectivity index (χ1n) is 9.99. The first kappa shape index (κ1) is 17.4. The molecule has 3 saturated heterocycles. The molecule has 3 aliphatic heterocycles. The van der Waals surface area contributed by atoms with Crippen LogP contribution in [0.5, 0.6) is 5.88 Å². The molecule has 0 radical (unpaired) electrons. The smallest absolute Gasteiger partial charge is 0.256 e. The molecular formula is C21H23FN4O2. The third-order valence-corrected chi connectivity index (χ3v) is 6.08. The summed E-state index contributed by atoms with van der Waals surface area (Å²) in [5, 5.41) is 0. The SMILES string of the molecule is O=C(c1ccc(OC2CCCC2)nc1)N1C2CC1CN(c1ccnc(F)c1)C2. The van der Waals surface area contributed by atoms with Crippen LogP contribution in [0.2, 0.25) is 0 Å². The number of carbonyl (C=O) groups excluding carboxylic acids is 1. The van der Waals surface area contributed by atoms with Crippen molar-refractivity contribution in [1.29, 1.82) is 0 Å². The van der Waals surface area contributed by atoms with Crippen LogP contribution in [-0.4, -0.2) is 52.1 Å². The fraction of sp³-hybridized carbons (Fsp3) is 0.476. The van der Waals surface area contributed by atoms with Crippen LogP contribution < -0.4 is 9.64 Å². The molecule has 0 N–H and O–H groups in total. The van der Waals surface area contributed by atoms with Crippen LogP contribution in [0, 0.1) is 5.95 Å². The minimum atomic E-state index is -0.476. The zero-order valence-electron chi connectivity index (χ0n) is 15.6. The molecule has 2 aromatic heterocycles. The highest BCUT2D eigenvalue weighted by Crippen LogP contribution is 2.36. The Kier molecular flexibility index (Phi) is 4.37. The van der Waals surface area contributed by atoms with Gasteiger partial charge in [0.25, 0.3) is 5.91 Å². The van der Waals surface area contributed by atoms with Crippen molar-refractivity contribution in [1.82, 2.24) is 14.9 Å². The minimum absolute atomic E-state index is 0.0155. The van der Waals surface area contributed by atoms with Gasteiger partial charge in [-0.1, -0.05) is 0 Å². The summed E-state index contributed by atoms with van der Waals surface area (Å²) < 4.78 is 19.3. The first-order chi connectivity index (χ1) is 13.7. The highest BCUT2D eigenvalue weighted by atomic mass is 19.1. The van der Waals surface area contributed by atoms with Gasteiger partial charge in [0.2, 0.25) is 11.8 Å². The van der Waals surface area contributed by atoms with Crippen molar-refractivity contribution in [3.05, 3.63) is 48.2 Å². The number of halogens is 1. The molecule has 7 heteroatoms. The Labute approximate surface area is 163 Å². The van der Waals surface area contributed by atoms with Gasteiger partial charge in [-0.25, -0.2) is 9.97 Å². The maximum atomic E-state index is 13.4. The van der Waals surface area contributed by atoms with E-state index in [1.54, 1.807) is 12.3 Å². The van der Waals surface area contributed by atoms with E-state index in [2.05, 4.69) is 14.9 Å². The molecular weight excluding hydrogens is 359 g/mol. The lowest BCUT2D eigenvalue weighted by Crippen LogP contribution is -2.70. The second-order valence-corrected chi connectivity index (χ2v) is 7.91. The van der Waals surface area contributed by atoms with Crippen LogP contribution in [0.4, 0.5) is 10.1 Å². The van der Waals surface area contributed by atoms with E-state index in [1.165, 1.54) is 25.1 Å². The number of piperidine rings is 1. The lowest BCUT2D eigenvalue weighted by atomic mass is 9.86. The van der Waals surface area contributed by atoms with Gasteiger partial charge in [0.05, 0.1) is 17.6 Å². The maximum absolute atomic E-state index is 13.4. The average molecular weight is 382 g/mol. The van der Waals surface area contributed by atoms with E-state index in [0.29, 0.717) is 24.5 Å². The number of ether oxygens (including phenoxy) is 1. The van der Waals surface area contributed by atoms with Crippen molar-refractivity contribution in [2.24, 2.45) is 0 Å². The Morgan fingerprint density at radius 1 is 1.11 bits per heavy atom. The summed E-state index contributed by atoms with van der Waals surface area (Å²) in [6, 6.07) is 7.17. The molecule has 4 aliphatic rings. The number of hydrogen-bond donors (Lipinski definition) is 0. The Morgan fingerprint density at radius 3 is 2.57 bits per heavy atom. The van der Waals surface area contributed by atoms with Gasteiger partial charge in [-0.05, 0) is 44.2 Å². The fourth-order valence-electron chi connectivity index (χ4n) is 4.64. The fourth-order valence-corrected chi connectivity index (χ4v) is 4.64. The van der Waals surface area contributed by atoms with Crippen LogP contribution in [0.15, 0.2) is 36.7 Å². The topological polar surface area (TPSA) is 58.6 Å². The van der Waals surface area contributed by atoms with E-state index in [1.807, 2.05) is 17.0 Å². The van der Waals surface area contributed by atoms with Gasteiger partial charge in [-0.2, -0.15) is 4.39 Å². The van der Waals surface area contributed by atoms with Crippen molar-refractivity contribution < 1.29 is 13.9 Å². The van der Waals surface area contributed by atoms with Crippen LogP contribution >= 0.6 is 0 Å². The largest absolute Gasteiger partial charge is 0.474 e. The molecule has 6 nitrogen and oxygen atoms in total. The second kappa shape index (κ2) is 7.04. The molecule has 2 unspecified atom stereocenters. The number of amides is 1. The average Bonchev–Trinajstić information content (AvgIpc) is 3.21. The molecule has 1 aliphatic carbocycles. The number of fused-ring (bicyclic) bond motifs is 2. The first-order valence-corrected chi connectivity index (χ1v) is 9.99. The standard InChI is InChI=1S/C21H23FN4O2/c22-19-10-15(7-8-23-19)25-12-16-9-17(13-25)26(16)21(27)14-5-6-20(24-11-14)28-18-3-1-2-4-18/h5-8,10-11,16-18H,1-4,9,12-13H2. The molecule has 2 aromatic rings. The lowest BCUT2D eigenvalue weighted by Gasteiger charge is -2.56. The molecule has 5 heterocycles. The molecule has 28 heavy (non-hydrogen) atoms. The van der Waals surface area contributed by atoms with Gasteiger partial charge in [0.1, 0.15) is 6.10 Å². The zero-order valence-corrected chi connectivity index (χ0v) is 15.6. The number of nitrogens with zero attached hydrogens (tertiary/aromatic N) is 4. The summed E-state index contributed by atoms with van der Waals surface area (Å²) in [6.45, 7) is 1.42. The molecule has 6 rings (SSSR count). The third-order valence-electron chi connectivity index (χ3n) is 6.08. The molecule has 2 atom stereocenters. The minimum Gasteiger partial charge on any atom is -0.474 e. The normalized spacial score (nSPS) is 24.2. The van der Waals surface area contributed by atoms with Crippen LogP contribution in [0.25, 0.3) is 0 Å². The molecule has 146 valence electrons. The maximum Gasteiger partial charge on any atom is 0.256 e. The molecule has 1 saturated carbocycles. The van der Waals surface area contributed by atoms with Crippen LogP contribution in [0.1, 0.15) is 42.5 Å². The molecule has 4 fully saturated rings. The highest BCUT2D eigenvalue weighted by molar-refractivity contribution is 5.95. The van der Waals surface area contributed by atoms with E-state index in [9.17, 15) is 9.18 Å². The van der Waals surface area contributed by atoms with Crippen LogP contribution in [-0.2, 0) is 0 Å². The second-order valence-electron chi connectivity index (χ2n) is 7.91. The summed E-state index contributed by atoms with van der Waals surface area (Å²) >= 11 is 0. The van der Waals surface area contributed by atoms with Gasteiger partial charge < -0.3 is 14.5 Å². The van der Waals surface area contributed by atoms with E-state index in [0.717, 1.165) is 24.9 Å². The number of carbonyl (C=O) groups is 1. The Morgan fingerprint density at radius 2 is 1.89 bits per heavy atom. The third kappa shape index (κ3) is 3.19. The van der Waals surface area contributed by atoms with Crippen molar-refractivity contribution in [3.8, 4) is 5.88 Å². The van der Waals surface area contributed by atoms with Crippen molar-refractivity contribution >= 4 is 11.6 Å². The van der Waals surface area contributed by atoms with Crippen molar-refractivity contribution in [3.63, 3.8) is 0 Å². The Balaban J connectivity index is 1.23. The molecule has 1 amide bonds. The van der Waals surface area contributed by atoms with E-state index < -0.39 is 5.95 Å². The summed E-state index contributed by atoms with van der Waals surface area (Å²) in [6.07, 6.45) is 8.93. The number of anilines is 1. The van der Waals surface area contributed by atoms with Crippen molar-refractivity contribution in [2.45, 2.75) is 50.3 Å². The summed E-state index contributed by atoms with van der Waals surface area (Å²) in [5.41, 5.74) is 1.42. The number of aromatic nitrogens is 2. The summed E-state index contributed by atoms with van der Waals surface area (Å²) in [5.74, 6) is 0.135. The van der Waals surface area contributed by atoms with Gasteiger partial charge in [-0.15, -0.1) is 0 Å². The van der Waals surface area contributed by atoms with Crippen molar-refractivity contribution in [2.75, 3.05) is 18.0 Å². The Bertz CT molecular complexity index is 857. The predicted molar refractivity (Wildman–Crippen MR) is 102 cm³/mol. The van der Waals surface area contributed by atoms with Gasteiger partial charge >= 0.3 is 0 Å². The number of rotatable bonds is 4. The van der Waals surface area contributed by atoms with Gasteiger partial charge in [0, 0.05) is 43.3 Å². The Hall–Kier alpha value is -2.70. The molecule has 0 spiro atoms. The zero-order chi connectivity index (χ0) is 19.1. The monoisotopic (exact) mass is 382 g/mol. The highest BCUT2D eigenvalue weighted by Gasteiger charge is 2.47. The van der Waals surface area contributed by atoms with E-state index >= 15 is 0 Å². The molecule has 0 aromatic carbocycles. The van der Waals surface area contributed by atoms with E-state index in [4.69, 9.17) is 4.74 Å². The molecule has 2 bridgehead atoms. The van der Waals surface area contributed by atoms with E-state index in [-0.39, 0.29) is 24.1 Å². The number of hydrogen-bond acceptors (Lipinski definition) is 5. The predicted octanol–water partition coefficient (Wildman–Crippen LogP) is 3.04. The van der Waals surface area contributed by atoms with Gasteiger partial charge in [0.15, 0.2) is 0 Å². The van der Waals surface area contributed by atoms with Gasteiger partial charge in [-0.3, -0.25) is 4.79 Å².